The van der Waals surface area contributed by atoms with Gasteiger partial charge in [0.1, 0.15) is 16.4 Å². The van der Waals surface area contributed by atoms with Crippen LogP contribution in [0.15, 0.2) is 47.6 Å². The van der Waals surface area contributed by atoms with E-state index in [1.807, 2.05) is 0 Å². The second-order valence-corrected chi connectivity index (χ2v) is 8.75. The molecule has 3 aromatic rings. The normalized spacial score (nSPS) is 21.1. The predicted molar refractivity (Wildman–Crippen MR) is 91.5 cm³/mol. The summed E-state index contributed by atoms with van der Waals surface area (Å²) in [7, 11) is -4.22. The summed E-state index contributed by atoms with van der Waals surface area (Å²) in [5, 5.41) is 6.81. The van der Waals surface area contributed by atoms with Gasteiger partial charge < -0.3 is 0 Å². The summed E-state index contributed by atoms with van der Waals surface area (Å²) < 4.78 is 80.2. The number of hydrogen-bond acceptors (Lipinski definition) is 4. The number of fused-ring (bicyclic) bond motifs is 7. The van der Waals surface area contributed by atoms with Crippen LogP contribution in [0.25, 0.3) is 0 Å². The molecular formula is C18H12F4N4O2S. The van der Waals surface area contributed by atoms with Crippen LogP contribution >= 0.6 is 0 Å². The number of nitrogens with zero attached hydrogens (tertiary/aromatic N) is 3. The smallest absolute Gasteiger partial charge is 0.282 e. The monoisotopic (exact) mass is 424 g/mol. The number of hydrogen-bond donors (Lipinski definition) is 1. The van der Waals surface area contributed by atoms with Crippen LogP contribution in [0, 0.1) is 5.82 Å². The van der Waals surface area contributed by atoms with Crippen molar-refractivity contribution in [2.75, 3.05) is 0 Å². The van der Waals surface area contributed by atoms with E-state index < -0.39 is 39.8 Å². The Morgan fingerprint density at radius 1 is 1.07 bits per heavy atom. The number of halogens is 4. The lowest BCUT2D eigenvalue weighted by atomic mass is 10.0. The third kappa shape index (κ3) is 2.60. The molecular weight excluding hydrogens is 412 g/mol. The maximum atomic E-state index is 13.9. The van der Waals surface area contributed by atoms with Crippen molar-refractivity contribution in [3.05, 3.63) is 76.6 Å². The number of pyridine rings is 1. The number of H-pyrrole nitrogens is 1. The first-order valence-corrected chi connectivity index (χ1v) is 10.00. The fraction of sp³-hybridized carbons (Fsp3) is 0.222. The second-order valence-electron chi connectivity index (χ2n) is 6.91. The van der Waals surface area contributed by atoms with Crippen LogP contribution < -0.4 is 0 Å². The molecule has 0 saturated heterocycles. The zero-order valence-corrected chi connectivity index (χ0v) is 15.3. The van der Waals surface area contributed by atoms with Gasteiger partial charge in [0.05, 0.1) is 18.3 Å². The quantitative estimate of drug-likeness (QED) is 0.640. The Morgan fingerprint density at radius 3 is 2.55 bits per heavy atom. The highest BCUT2D eigenvalue weighted by atomic mass is 32.2. The molecule has 2 aromatic heterocycles. The molecule has 5 rings (SSSR count). The SMILES string of the molecule is O=S(=O)(c1ccc(C(F)(F)F)nc1)N1C2Cc3[nH]ncc3C1c1cc(F)ccc12. The summed E-state index contributed by atoms with van der Waals surface area (Å²) in [6.45, 7) is 0. The van der Waals surface area contributed by atoms with E-state index in [1.54, 1.807) is 6.07 Å². The fourth-order valence-corrected chi connectivity index (χ4v) is 5.78. The zero-order valence-electron chi connectivity index (χ0n) is 14.5. The standard InChI is InChI=1S/C18H12F4N4O2S/c19-9-1-3-11-12(5-9)17-13-8-24-25-14(13)6-15(11)26(17)29(27,28)10-2-4-16(23-7-10)18(20,21)22/h1-5,7-8,15,17H,6H2,(H,24,25). The molecule has 2 aliphatic rings. The number of benzene rings is 1. The highest BCUT2D eigenvalue weighted by Crippen LogP contribution is 2.53. The molecule has 29 heavy (non-hydrogen) atoms. The Labute approximate surface area is 162 Å². The maximum Gasteiger partial charge on any atom is 0.433 e. The molecule has 0 spiro atoms. The molecule has 0 radical (unpaired) electrons. The topological polar surface area (TPSA) is 79.0 Å². The number of aromatic amines is 1. The average molecular weight is 424 g/mol. The molecule has 1 N–H and O–H groups in total. The molecule has 0 fully saturated rings. The van der Waals surface area contributed by atoms with Crippen LogP contribution in [0.4, 0.5) is 17.6 Å². The first-order chi connectivity index (χ1) is 13.7. The number of alkyl halides is 3. The molecule has 2 bridgehead atoms. The Bertz CT molecular complexity index is 1220. The minimum atomic E-state index is -4.67. The number of sulfonamides is 1. The van der Waals surface area contributed by atoms with E-state index in [4.69, 9.17) is 0 Å². The van der Waals surface area contributed by atoms with Crippen molar-refractivity contribution < 1.29 is 26.0 Å². The summed E-state index contributed by atoms with van der Waals surface area (Å²) in [5.74, 6) is -0.505. The van der Waals surface area contributed by atoms with Gasteiger partial charge in [-0.1, -0.05) is 6.07 Å². The lowest BCUT2D eigenvalue weighted by Crippen LogP contribution is -2.37. The van der Waals surface area contributed by atoms with Crippen molar-refractivity contribution in [3.8, 4) is 0 Å². The van der Waals surface area contributed by atoms with Crippen LogP contribution in [0.1, 0.15) is 40.2 Å². The molecule has 4 heterocycles. The molecule has 1 aromatic carbocycles. The van der Waals surface area contributed by atoms with Crippen LogP contribution in [-0.2, 0) is 22.6 Å². The van der Waals surface area contributed by atoms with Crippen LogP contribution in [-0.4, -0.2) is 27.9 Å². The first-order valence-electron chi connectivity index (χ1n) is 8.56. The van der Waals surface area contributed by atoms with Crippen LogP contribution in [0.5, 0.6) is 0 Å². The molecule has 150 valence electrons. The van der Waals surface area contributed by atoms with Crippen molar-refractivity contribution in [3.63, 3.8) is 0 Å². The number of rotatable bonds is 2. The highest BCUT2D eigenvalue weighted by Gasteiger charge is 2.51. The van der Waals surface area contributed by atoms with Crippen molar-refractivity contribution in [2.45, 2.75) is 29.6 Å². The molecule has 0 aliphatic carbocycles. The van der Waals surface area contributed by atoms with E-state index in [-0.39, 0.29) is 11.3 Å². The molecule has 2 atom stereocenters. The Balaban J connectivity index is 1.64. The van der Waals surface area contributed by atoms with Gasteiger partial charge in [0.25, 0.3) is 0 Å². The third-order valence-corrected chi connectivity index (χ3v) is 7.17. The zero-order chi connectivity index (χ0) is 20.6. The van der Waals surface area contributed by atoms with E-state index >= 15 is 0 Å². The van der Waals surface area contributed by atoms with Crippen molar-refractivity contribution in [1.82, 2.24) is 19.5 Å². The maximum absolute atomic E-state index is 13.9. The minimum absolute atomic E-state index is 0.289. The molecule has 0 amide bonds. The van der Waals surface area contributed by atoms with E-state index in [1.165, 1.54) is 22.6 Å². The molecule has 11 heteroatoms. The summed E-state index contributed by atoms with van der Waals surface area (Å²) >= 11 is 0. The molecule has 2 unspecified atom stereocenters. The Morgan fingerprint density at radius 2 is 1.86 bits per heavy atom. The lowest BCUT2D eigenvalue weighted by Gasteiger charge is -2.33. The summed E-state index contributed by atoms with van der Waals surface area (Å²) in [6.07, 6.45) is -2.19. The predicted octanol–water partition coefficient (Wildman–Crippen LogP) is 3.35. The summed E-state index contributed by atoms with van der Waals surface area (Å²) in [5.41, 5.74) is 1.31. The van der Waals surface area contributed by atoms with Gasteiger partial charge in [0.15, 0.2) is 0 Å². The first kappa shape index (κ1) is 18.3. The van der Waals surface area contributed by atoms with E-state index in [2.05, 4.69) is 15.2 Å². The number of aromatic nitrogens is 3. The van der Waals surface area contributed by atoms with Gasteiger partial charge in [0.2, 0.25) is 10.0 Å². The van der Waals surface area contributed by atoms with Crippen molar-refractivity contribution in [1.29, 1.82) is 0 Å². The molecule has 0 saturated carbocycles. The van der Waals surface area contributed by atoms with Crippen LogP contribution in [0.2, 0.25) is 0 Å². The Hall–Kier alpha value is -2.79. The van der Waals surface area contributed by atoms with Gasteiger partial charge in [-0.05, 0) is 35.4 Å². The molecule has 6 nitrogen and oxygen atoms in total. The van der Waals surface area contributed by atoms with E-state index in [0.717, 1.165) is 11.8 Å². The highest BCUT2D eigenvalue weighted by molar-refractivity contribution is 7.89. The number of nitrogens with one attached hydrogen (secondary N) is 1. The Kier molecular flexibility index (Phi) is 3.69. The van der Waals surface area contributed by atoms with Gasteiger partial charge in [-0.25, -0.2) is 12.8 Å². The fourth-order valence-electron chi connectivity index (χ4n) is 4.09. The van der Waals surface area contributed by atoms with Crippen molar-refractivity contribution in [2.24, 2.45) is 0 Å². The van der Waals surface area contributed by atoms with Gasteiger partial charge in [-0.2, -0.15) is 22.6 Å². The van der Waals surface area contributed by atoms with Gasteiger partial charge in [-0.3, -0.25) is 10.1 Å². The average Bonchev–Trinajstić information content (AvgIpc) is 3.23. The van der Waals surface area contributed by atoms with Crippen molar-refractivity contribution >= 4 is 10.0 Å². The van der Waals surface area contributed by atoms with E-state index in [0.29, 0.717) is 29.0 Å². The third-order valence-electron chi connectivity index (χ3n) is 5.31. The van der Waals surface area contributed by atoms with Gasteiger partial charge in [-0.15, -0.1) is 0 Å². The minimum Gasteiger partial charge on any atom is -0.282 e. The lowest BCUT2D eigenvalue weighted by molar-refractivity contribution is -0.141. The van der Waals surface area contributed by atoms with E-state index in [9.17, 15) is 26.0 Å². The van der Waals surface area contributed by atoms with Gasteiger partial charge in [0, 0.05) is 23.9 Å². The largest absolute Gasteiger partial charge is 0.433 e. The van der Waals surface area contributed by atoms with Crippen LogP contribution in [0.3, 0.4) is 0 Å². The summed E-state index contributed by atoms with van der Waals surface area (Å²) in [4.78, 5) is 2.91. The second kappa shape index (κ2) is 5.86. The van der Waals surface area contributed by atoms with Gasteiger partial charge >= 0.3 is 6.18 Å². The molecule has 2 aliphatic heterocycles. The summed E-state index contributed by atoms with van der Waals surface area (Å²) in [6, 6.07) is 4.17.